The van der Waals surface area contributed by atoms with Gasteiger partial charge in [-0.15, -0.1) is 10.2 Å². The third kappa shape index (κ3) is 2.94. The summed E-state index contributed by atoms with van der Waals surface area (Å²) in [7, 11) is 0. The van der Waals surface area contributed by atoms with Gasteiger partial charge in [-0.05, 0) is 38.5 Å². The van der Waals surface area contributed by atoms with Gasteiger partial charge in [-0.1, -0.05) is 0 Å². The van der Waals surface area contributed by atoms with E-state index in [1.165, 1.54) is 5.69 Å². The van der Waals surface area contributed by atoms with E-state index in [4.69, 9.17) is 4.42 Å². The van der Waals surface area contributed by atoms with Gasteiger partial charge >= 0.3 is 0 Å². The summed E-state index contributed by atoms with van der Waals surface area (Å²) in [5.74, 6) is 1.16. The fourth-order valence-electron chi connectivity index (χ4n) is 3.29. The topological polar surface area (TPSA) is 72.9 Å². The highest BCUT2D eigenvalue weighted by Gasteiger charge is 2.26. The maximum absolute atomic E-state index is 5.77. The van der Waals surface area contributed by atoms with Crippen molar-refractivity contribution >= 4 is 0 Å². The molecule has 1 saturated heterocycles. The highest BCUT2D eigenvalue weighted by molar-refractivity contribution is 5.49. The van der Waals surface area contributed by atoms with Crippen molar-refractivity contribution in [2.45, 2.75) is 32.9 Å². The third-order valence-electron chi connectivity index (χ3n) is 4.37. The summed E-state index contributed by atoms with van der Waals surface area (Å²) in [4.78, 5) is 6.41. The first-order valence-electron chi connectivity index (χ1n) is 8.17. The number of nitrogens with zero attached hydrogens (tertiary/aromatic N) is 6. The first-order valence-corrected chi connectivity index (χ1v) is 8.17. The molecule has 0 amide bonds. The number of rotatable bonds is 4. The van der Waals surface area contributed by atoms with E-state index >= 15 is 0 Å². The van der Waals surface area contributed by atoms with Gasteiger partial charge in [-0.3, -0.25) is 14.6 Å². The molecule has 0 saturated carbocycles. The number of hydrogen-bond donors (Lipinski definition) is 0. The van der Waals surface area contributed by atoms with Crippen molar-refractivity contribution in [3.8, 4) is 11.5 Å². The van der Waals surface area contributed by atoms with Crippen molar-refractivity contribution in [3.63, 3.8) is 0 Å². The highest BCUT2D eigenvalue weighted by Crippen LogP contribution is 2.25. The van der Waals surface area contributed by atoms with Gasteiger partial charge in [0.25, 0.3) is 0 Å². The van der Waals surface area contributed by atoms with Gasteiger partial charge in [0.1, 0.15) is 0 Å². The summed E-state index contributed by atoms with van der Waals surface area (Å²) >= 11 is 0. The maximum atomic E-state index is 5.77. The summed E-state index contributed by atoms with van der Waals surface area (Å²) in [6, 6.07) is 6.32. The summed E-state index contributed by atoms with van der Waals surface area (Å²) < 4.78 is 7.92. The lowest BCUT2D eigenvalue weighted by molar-refractivity contribution is 0.278. The summed E-state index contributed by atoms with van der Waals surface area (Å²) in [5, 5.41) is 12.9. The standard InChI is InChI=1S/C17H20N6O/c1-12-8-13(2)23(21-12)15-5-7-22(10-15)11-16-19-20-17(24-16)14-4-3-6-18-9-14/h3-4,6,8-9,15H,5,7,10-11H2,1-2H3/t15-/m0/s1. The molecule has 1 aliphatic rings. The molecule has 7 heteroatoms. The summed E-state index contributed by atoms with van der Waals surface area (Å²) in [6.45, 7) is 6.78. The molecular formula is C17H20N6O. The Morgan fingerprint density at radius 1 is 1.29 bits per heavy atom. The third-order valence-corrected chi connectivity index (χ3v) is 4.37. The molecule has 0 radical (unpaired) electrons. The number of aromatic nitrogens is 5. The summed E-state index contributed by atoms with van der Waals surface area (Å²) in [6.07, 6.45) is 4.54. The predicted octanol–water partition coefficient (Wildman–Crippen LogP) is 2.39. The lowest BCUT2D eigenvalue weighted by Gasteiger charge is -2.15. The van der Waals surface area contributed by atoms with Gasteiger partial charge in [-0.2, -0.15) is 5.10 Å². The quantitative estimate of drug-likeness (QED) is 0.734. The van der Waals surface area contributed by atoms with Crippen LogP contribution in [0.1, 0.15) is 29.7 Å². The van der Waals surface area contributed by atoms with E-state index in [2.05, 4.69) is 42.9 Å². The second kappa shape index (κ2) is 6.16. The zero-order valence-electron chi connectivity index (χ0n) is 13.9. The van der Waals surface area contributed by atoms with E-state index < -0.39 is 0 Å². The lowest BCUT2D eigenvalue weighted by atomic mass is 10.2. The molecule has 4 heterocycles. The van der Waals surface area contributed by atoms with Crippen LogP contribution in [-0.2, 0) is 6.54 Å². The maximum Gasteiger partial charge on any atom is 0.249 e. The number of likely N-dealkylation sites (tertiary alicyclic amines) is 1. The van der Waals surface area contributed by atoms with Crippen molar-refractivity contribution in [1.29, 1.82) is 0 Å². The van der Waals surface area contributed by atoms with Crippen LogP contribution < -0.4 is 0 Å². The largest absolute Gasteiger partial charge is 0.419 e. The molecule has 1 fully saturated rings. The van der Waals surface area contributed by atoms with Gasteiger partial charge in [-0.25, -0.2) is 0 Å². The van der Waals surface area contributed by atoms with Gasteiger partial charge in [0.15, 0.2) is 0 Å². The number of hydrogen-bond acceptors (Lipinski definition) is 6. The molecule has 124 valence electrons. The van der Waals surface area contributed by atoms with E-state index in [-0.39, 0.29) is 0 Å². The van der Waals surface area contributed by atoms with Crippen molar-refractivity contribution in [1.82, 2.24) is 29.9 Å². The zero-order chi connectivity index (χ0) is 16.5. The van der Waals surface area contributed by atoms with Crippen molar-refractivity contribution in [2.75, 3.05) is 13.1 Å². The Hall–Kier alpha value is -2.54. The zero-order valence-corrected chi connectivity index (χ0v) is 13.9. The van der Waals surface area contributed by atoms with Crippen LogP contribution in [0.2, 0.25) is 0 Å². The number of aryl methyl sites for hydroxylation is 2. The molecule has 24 heavy (non-hydrogen) atoms. The molecule has 7 nitrogen and oxygen atoms in total. The van der Waals surface area contributed by atoms with Crippen LogP contribution in [0.5, 0.6) is 0 Å². The molecule has 4 rings (SSSR count). The highest BCUT2D eigenvalue weighted by atomic mass is 16.4. The first-order chi connectivity index (χ1) is 11.7. The molecule has 0 aromatic carbocycles. The van der Waals surface area contributed by atoms with Crippen LogP contribution in [-0.4, -0.2) is 43.0 Å². The minimum atomic E-state index is 0.416. The molecule has 0 aliphatic carbocycles. The average Bonchev–Trinajstić information content (AvgIpc) is 3.29. The second-order valence-electron chi connectivity index (χ2n) is 6.29. The minimum Gasteiger partial charge on any atom is -0.419 e. The molecular weight excluding hydrogens is 304 g/mol. The van der Waals surface area contributed by atoms with Crippen molar-refractivity contribution < 1.29 is 4.42 Å². The second-order valence-corrected chi connectivity index (χ2v) is 6.29. The SMILES string of the molecule is Cc1cc(C)n([C@H]2CCN(Cc3nnc(-c4cccnc4)o3)C2)n1. The molecule has 0 unspecified atom stereocenters. The molecule has 0 bridgehead atoms. The Morgan fingerprint density at radius 2 is 2.21 bits per heavy atom. The minimum absolute atomic E-state index is 0.416. The van der Waals surface area contributed by atoms with Crippen LogP contribution in [0.3, 0.4) is 0 Å². The normalized spacial score (nSPS) is 18.3. The van der Waals surface area contributed by atoms with Crippen molar-refractivity contribution in [2.24, 2.45) is 0 Å². The van der Waals surface area contributed by atoms with Crippen LogP contribution >= 0.6 is 0 Å². The molecule has 0 spiro atoms. The molecule has 1 atom stereocenters. The summed E-state index contributed by atoms with van der Waals surface area (Å²) in [5.41, 5.74) is 3.14. The molecule has 0 N–H and O–H groups in total. The Labute approximate surface area is 140 Å². The van der Waals surface area contributed by atoms with Crippen LogP contribution in [0.25, 0.3) is 11.5 Å². The Balaban J connectivity index is 1.42. The monoisotopic (exact) mass is 324 g/mol. The lowest BCUT2D eigenvalue weighted by Crippen LogP contribution is -2.22. The molecule has 1 aliphatic heterocycles. The fraction of sp³-hybridized carbons (Fsp3) is 0.412. The Bertz CT molecular complexity index is 825. The Kier molecular flexibility index (Phi) is 3.86. The van der Waals surface area contributed by atoms with Gasteiger partial charge in [0.05, 0.1) is 23.8 Å². The van der Waals surface area contributed by atoms with Gasteiger partial charge < -0.3 is 4.42 Å². The number of pyridine rings is 1. The average molecular weight is 324 g/mol. The van der Waals surface area contributed by atoms with E-state index in [1.54, 1.807) is 12.4 Å². The first kappa shape index (κ1) is 15.0. The smallest absolute Gasteiger partial charge is 0.249 e. The van der Waals surface area contributed by atoms with Crippen LogP contribution in [0.15, 0.2) is 35.0 Å². The Morgan fingerprint density at radius 3 is 2.96 bits per heavy atom. The predicted molar refractivity (Wildman–Crippen MR) is 88.2 cm³/mol. The van der Waals surface area contributed by atoms with Crippen molar-refractivity contribution in [3.05, 3.63) is 47.9 Å². The van der Waals surface area contributed by atoms with Crippen LogP contribution in [0, 0.1) is 13.8 Å². The molecule has 3 aromatic heterocycles. The van der Waals surface area contributed by atoms with E-state index in [0.29, 0.717) is 24.4 Å². The van der Waals surface area contributed by atoms with Gasteiger partial charge in [0.2, 0.25) is 11.8 Å². The van der Waals surface area contributed by atoms with E-state index in [0.717, 1.165) is 30.8 Å². The molecule has 3 aromatic rings. The van der Waals surface area contributed by atoms with E-state index in [9.17, 15) is 0 Å². The van der Waals surface area contributed by atoms with Gasteiger partial charge in [0, 0.05) is 31.2 Å². The van der Waals surface area contributed by atoms with E-state index in [1.807, 2.05) is 19.1 Å². The van der Waals surface area contributed by atoms with Crippen LogP contribution in [0.4, 0.5) is 0 Å². The fourth-order valence-corrected chi connectivity index (χ4v) is 3.29.